The molecule has 0 aromatic heterocycles. The first-order valence-electron chi connectivity index (χ1n) is 5.42. The summed E-state index contributed by atoms with van der Waals surface area (Å²) in [4.78, 5) is 0. The van der Waals surface area contributed by atoms with E-state index >= 15 is 0 Å². The Morgan fingerprint density at radius 2 is 0.792 bits per heavy atom. The zero-order chi connectivity index (χ0) is 19.8. The van der Waals surface area contributed by atoms with Crippen LogP contribution in [0, 0.1) is 16.7 Å². The van der Waals surface area contributed by atoms with Crippen LogP contribution in [-0.4, -0.2) is 30.9 Å². The first-order chi connectivity index (χ1) is 10.1. The van der Waals surface area contributed by atoms with Crippen molar-refractivity contribution >= 4 is 0 Å². The van der Waals surface area contributed by atoms with Crippen molar-refractivity contribution in [3.05, 3.63) is 0 Å². The molecule has 0 aromatic rings. The fraction of sp³-hybridized carbons (Fsp3) is 1.00. The Morgan fingerprint density at radius 3 is 0.958 bits per heavy atom. The molecule has 1 fully saturated rings. The van der Waals surface area contributed by atoms with Crippen LogP contribution in [0.1, 0.15) is 6.42 Å². The molecule has 0 aromatic carbocycles. The van der Waals surface area contributed by atoms with Crippen molar-refractivity contribution in [2.24, 2.45) is 16.7 Å². The summed E-state index contributed by atoms with van der Waals surface area (Å²) in [5.41, 5.74) is -13.8. The minimum atomic E-state index is -7.53. The molecule has 0 spiro atoms. The minimum absolute atomic E-state index is 3.47. The van der Waals surface area contributed by atoms with Gasteiger partial charge >= 0.3 is 30.9 Å². The third-order valence-electron chi connectivity index (χ3n) is 3.96. The lowest BCUT2D eigenvalue weighted by Crippen LogP contribution is -2.82. The molecule has 24 heavy (non-hydrogen) atoms. The van der Waals surface area contributed by atoms with E-state index in [1.54, 1.807) is 0 Å². The Labute approximate surface area is 121 Å². The lowest BCUT2D eigenvalue weighted by Gasteiger charge is -2.63. The molecule has 15 heteroatoms. The fourth-order valence-corrected chi connectivity index (χ4v) is 3.03. The molecule has 144 valence electrons. The van der Waals surface area contributed by atoms with Gasteiger partial charge in [0.2, 0.25) is 0 Å². The SMILES string of the molecule is FC(F)(F)C1CC(C(F)(F)F)(C(F)(F)F)C1(C(F)(F)F)C(F)(F)F. The number of hydrogen-bond donors (Lipinski definition) is 0. The first kappa shape index (κ1) is 21.0. The van der Waals surface area contributed by atoms with Crippen LogP contribution >= 0.6 is 0 Å². The molecule has 0 saturated heterocycles. The van der Waals surface area contributed by atoms with Gasteiger partial charge in [0.25, 0.3) is 0 Å². The molecular weight excluding hydrogens is 393 g/mol. The smallest absolute Gasteiger partial charge is 0.171 e. The molecule has 0 nitrogen and oxygen atoms in total. The second-order valence-electron chi connectivity index (χ2n) is 5.00. The molecule has 0 radical (unpaired) electrons. The van der Waals surface area contributed by atoms with Gasteiger partial charge in [0.1, 0.15) is 0 Å². The monoisotopic (exact) mass is 396 g/mol. The largest absolute Gasteiger partial charge is 0.405 e. The van der Waals surface area contributed by atoms with E-state index in [0.717, 1.165) is 0 Å². The third kappa shape index (κ3) is 2.24. The van der Waals surface area contributed by atoms with Gasteiger partial charge in [-0.05, 0) is 6.42 Å². The van der Waals surface area contributed by atoms with E-state index in [4.69, 9.17) is 0 Å². The average Bonchev–Trinajstić information content (AvgIpc) is 2.01. The normalized spacial score (nSPS) is 25.4. The van der Waals surface area contributed by atoms with Crippen molar-refractivity contribution < 1.29 is 65.9 Å². The zero-order valence-electron chi connectivity index (χ0n) is 10.5. The highest BCUT2D eigenvalue weighted by Gasteiger charge is 3.02. The topological polar surface area (TPSA) is 0 Å². The highest BCUT2D eigenvalue weighted by molar-refractivity contribution is 5.25. The first-order valence-corrected chi connectivity index (χ1v) is 5.42. The number of hydrogen-bond acceptors (Lipinski definition) is 0. The van der Waals surface area contributed by atoms with Crippen LogP contribution in [0.5, 0.6) is 0 Å². The van der Waals surface area contributed by atoms with Gasteiger partial charge in [-0.3, -0.25) is 0 Å². The summed E-state index contributed by atoms with van der Waals surface area (Å²) in [5, 5.41) is 0. The van der Waals surface area contributed by atoms with E-state index in [1.165, 1.54) is 0 Å². The Balaban J connectivity index is 4.01. The molecule has 1 aliphatic rings. The highest BCUT2D eigenvalue weighted by atomic mass is 19.4. The van der Waals surface area contributed by atoms with Gasteiger partial charge in [-0.1, -0.05) is 0 Å². The molecule has 1 rings (SSSR count). The molecule has 0 bridgehead atoms. The van der Waals surface area contributed by atoms with Gasteiger partial charge in [-0.15, -0.1) is 0 Å². The van der Waals surface area contributed by atoms with Gasteiger partial charge in [0, 0.05) is 0 Å². The van der Waals surface area contributed by atoms with E-state index in [2.05, 4.69) is 0 Å². The maximum Gasteiger partial charge on any atom is 0.405 e. The fourth-order valence-electron chi connectivity index (χ4n) is 3.03. The summed E-state index contributed by atoms with van der Waals surface area (Å²) in [7, 11) is 0. The van der Waals surface area contributed by atoms with Crippen molar-refractivity contribution in [1.29, 1.82) is 0 Å². The third-order valence-corrected chi connectivity index (χ3v) is 3.96. The van der Waals surface area contributed by atoms with E-state index in [9.17, 15) is 65.9 Å². The van der Waals surface area contributed by atoms with Crippen molar-refractivity contribution in [3.63, 3.8) is 0 Å². The molecule has 0 N–H and O–H groups in total. The molecule has 1 aliphatic carbocycles. The number of alkyl halides is 15. The average molecular weight is 396 g/mol. The molecule has 0 heterocycles. The van der Waals surface area contributed by atoms with Crippen LogP contribution in [0.15, 0.2) is 0 Å². The predicted octanol–water partition coefficient (Wildman–Crippen LogP) is 5.79. The van der Waals surface area contributed by atoms with Gasteiger partial charge < -0.3 is 0 Å². The maximum absolute atomic E-state index is 12.8. The molecule has 0 amide bonds. The van der Waals surface area contributed by atoms with Crippen LogP contribution in [0.4, 0.5) is 65.9 Å². The zero-order valence-corrected chi connectivity index (χ0v) is 10.5. The van der Waals surface area contributed by atoms with Gasteiger partial charge in [-0.25, -0.2) is 0 Å². The van der Waals surface area contributed by atoms with Crippen LogP contribution in [0.25, 0.3) is 0 Å². The van der Waals surface area contributed by atoms with Gasteiger partial charge in [-0.2, -0.15) is 65.9 Å². The molecule has 1 saturated carbocycles. The Bertz CT molecular complexity index is 452. The van der Waals surface area contributed by atoms with Crippen LogP contribution in [0.3, 0.4) is 0 Å². The predicted molar refractivity (Wildman–Crippen MR) is 43.2 cm³/mol. The van der Waals surface area contributed by atoms with Gasteiger partial charge in [0.05, 0.1) is 5.92 Å². The summed E-state index contributed by atoms with van der Waals surface area (Å²) in [6, 6.07) is 0. The van der Waals surface area contributed by atoms with E-state index in [-0.39, 0.29) is 0 Å². The second-order valence-corrected chi connectivity index (χ2v) is 5.00. The Kier molecular flexibility index (Phi) is 4.17. The van der Waals surface area contributed by atoms with E-state index in [1.807, 2.05) is 0 Å². The van der Waals surface area contributed by atoms with Crippen molar-refractivity contribution in [2.45, 2.75) is 37.3 Å². The Hall–Kier alpha value is -1.05. The lowest BCUT2D eigenvalue weighted by molar-refractivity contribution is -0.545. The van der Waals surface area contributed by atoms with E-state index < -0.39 is 54.1 Å². The number of halogens is 15. The second kappa shape index (κ2) is 4.77. The maximum atomic E-state index is 12.8. The molecule has 1 atom stereocenters. The quantitative estimate of drug-likeness (QED) is 0.455. The van der Waals surface area contributed by atoms with E-state index in [0.29, 0.717) is 0 Å². The van der Waals surface area contributed by atoms with Crippen LogP contribution in [-0.2, 0) is 0 Å². The standard InChI is InChI=1S/C9H3F15/c10-5(11,12)2-1-3(6(13,14)15,7(16,17)18)4(2,8(19,20)21)9(22,23)24/h2H,1H2. The van der Waals surface area contributed by atoms with Crippen LogP contribution in [0.2, 0.25) is 0 Å². The summed E-state index contributed by atoms with van der Waals surface area (Å²) in [6.07, 6.45) is -39.7. The molecule has 1 unspecified atom stereocenters. The summed E-state index contributed by atoms with van der Waals surface area (Å²) < 4.78 is 190. The van der Waals surface area contributed by atoms with Crippen molar-refractivity contribution in [3.8, 4) is 0 Å². The van der Waals surface area contributed by atoms with Crippen molar-refractivity contribution in [2.75, 3.05) is 0 Å². The van der Waals surface area contributed by atoms with Crippen LogP contribution < -0.4 is 0 Å². The van der Waals surface area contributed by atoms with Gasteiger partial charge in [0.15, 0.2) is 10.8 Å². The Morgan fingerprint density at radius 1 is 0.500 bits per heavy atom. The summed E-state index contributed by atoms with van der Waals surface area (Å²) in [6.45, 7) is 0. The molecular formula is C9H3F15. The van der Waals surface area contributed by atoms with Crippen molar-refractivity contribution in [1.82, 2.24) is 0 Å². The number of rotatable bonds is 0. The minimum Gasteiger partial charge on any atom is -0.171 e. The summed E-state index contributed by atoms with van der Waals surface area (Å²) >= 11 is 0. The molecule has 0 aliphatic heterocycles. The highest BCUT2D eigenvalue weighted by Crippen LogP contribution is 2.83. The lowest BCUT2D eigenvalue weighted by atomic mass is 9.41. The summed E-state index contributed by atoms with van der Waals surface area (Å²) in [5.74, 6) is -4.95.